The highest BCUT2D eigenvalue weighted by Gasteiger charge is 2.19. The molecule has 1 aromatic carbocycles. The number of hydrogen-bond acceptors (Lipinski definition) is 3. The molecule has 0 saturated carbocycles. The molecule has 0 radical (unpaired) electrons. The van der Waals surface area contributed by atoms with Crippen molar-refractivity contribution in [2.45, 2.75) is 25.7 Å². The van der Waals surface area contributed by atoms with E-state index in [0.29, 0.717) is 15.9 Å². The van der Waals surface area contributed by atoms with E-state index in [1.165, 1.54) is 22.9 Å². The highest BCUT2D eigenvalue weighted by Crippen LogP contribution is 2.33. The monoisotopic (exact) mass is 404 g/mol. The number of nitrogens with one attached hydrogen (secondary N) is 1. The summed E-state index contributed by atoms with van der Waals surface area (Å²) in [5.41, 5.74) is 1.52. The molecular weight excluding hydrogens is 391 g/mol. The predicted molar refractivity (Wildman–Crippen MR) is 99.9 cm³/mol. The summed E-state index contributed by atoms with van der Waals surface area (Å²) < 4.78 is 14.6. The third-order valence-corrected chi connectivity index (χ3v) is 5.91. The standard InChI is InChI=1S/C18H14BrFN2OS/c19-11-7-5-10(13(20)9-11)6-8-15-21-17(23)16-12-3-1-2-4-14(12)24-18(16)22-15/h5-9H,1-4H2,(H,21,22,23)/b8-6+. The first-order valence-corrected chi connectivity index (χ1v) is 9.40. The van der Waals surface area contributed by atoms with Crippen molar-refractivity contribution in [3.05, 3.63) is 60.7 Å². The highest BCUT2D eigenvalue weighted by molar-refractivity contribution is 9.10. The fourth-order valence-electron chi connectivity index (χ4n) is 3.06. The molecule has 0 spiro atoms. The lowest BCUT2D eigenvalue weighted by molar-refractivity contribution is 0.624. The van der Waals surface area contributed by atoms with Gasteiger partial charge in [-0.15, -0.1) is 11.3 Å². The molecule has 2 heterocycles. The largest absolute Gasteiger partial charge is 0.306 e. The summed E-state index contributed by atoms with van der Waals surface area (Å²) in [6.07, 6.45) is 7.56. The maximum absolute atomic E-state index is 13.9. The van der Waals surface area contributed by atoms with Gasteiger partial charge in [-0.1, -0.05) is 22.0 Å². The minimum Gasteiger partial charge on any atom is -0.306 e. The number of halogens is 2. The zero-order chi connectivity index (χ0) is 16.7. The van der Waals surface area contributed by atoms with E-state index >= 15 is 0 Å². The second kappa shape index (κ2) is 6.26. The van der Waals surface area contributed by atoms with Gasteiger partial charge in [0.05, 0.1) is 5.39 Å². The Balaban J connectivity index is 1.75. The molecule has 0 aliphatic heterocycles. The van der Waals surface area contributed by atoms with Gasteiger partial charge in [-0.3, -0.25) is 4.79 Å². The van der Waals surface area contributed by atoms with Crippen molar-refractivity contribution in [3.63, 3.8) is 0 Å². The Morgan fingerprint density at radius 2 is 2.08 bits per heavy atom. The molecule has 122 valence electrons. The third kappa shape index (κ3) is 2.84. The molecule has 0 unspecified atom stereocenters. The third-order valence-electron chi connectivity index (χ3n) is 4.23. The quantitative estimate of drug-likeness (QED) is 0.657. The van der Waals surface area contributed by atoms with Gasteiger partial charge < -0.3 is 4.98 Å². The predicted octanol–water partition coefficient (Wildman–Crippen LogP) is 4.94. The van der Waals surface area contributed by atoms with Gasteiger partial charge in [0, 0.05) is 14.9 Å². The summed E-state index contributed by atoms with van der Waals surface area (Å²) >= 11 is 4.84. The van der Waals surface area contributed by atoms with Gasteiger partial charge in [0.1, 0.15) is 16.5 Å². The first kappa shape index (κ1) is 15.7. The van der Waals surface area contributed by atoms with Crippen molar-refractivity contribution < 1.29 is 4.39 Å². The Morgan fingerprint density at radius 3 is 2.92 bits per heavy atom. The first-order chi connectivity index (χ1) is 11.6. The van der Waals surface area contributed by atoms with E-state index in [-0.39, 0.29) is 11.4 Å². The number of aromatic amines is 1. The van der Waals surface area contributed by atoms with Crippen LogP contribution in [0.3, 0.4) is 0 Å². The van der Waals surface area contributed by atoms with Crippen LogP contribution in [0.1, 0.15) is 34.7 Å². The fourth-order valence-corrected chi connectivity index (χ4v) is 4.67. The van der Waals surface area contributed by atoms with Gasteiger partial charge in [-0.25, -0.2) is 9.37 Å². The van der Waals surface area contributed by atoms with E-state index in [0.717, 1.165) is 29.5 Å². The summed E-state index contributed by atoms with van der Waals surface area (Å²) in [5, 5.41) is 0.738. The van der Waals surface area contributed by atoms with Gasteiger partial charge in [0.15, 0.2) is 0 Å². The number of H-pyrrole nitrogens is 1. The van der Waals surface area contributed by atoms with Crippen LogP contribution in [0, 0.1) is 5.82 Å². The number of rotatable bonds is 2. The van der Waals surface area contributed by atoms with Crippen LogP contribution in [0.15, 0.2) is 27.5 Å². The molecular formula is C18H14BrFN2OS. The minimum absolute atomic E-state index is 0.102. The molecule has 3 aromatic rings. The zero-order valence-electron chi connectivity index (χ0n) is 12.7. The highest BCUT2D eigenvalue weighted by atomic mass is 79.9. The van der Waals surface area contributed by atoms with Gasteiger partial charge in [0.25, 0.3) is 5.56 Å². The molecule has 2 aromatic heterocycles. The molecule has 1 aliphatic carbocycles. The minimum atomic E-state index is -0.323. The van der Waals surface area contributed by atoms with Gasteiger partial charge in [-0.05, 0) is 55.5 Å². The van der Waals surface area contributed by atoms with E-state index in [2.05, 4.69) is 25.9 Å². The number of fused-ring (bicyclic) bond motifs is 3. The number of benzene rings is 1. The van der Waals surface area contributed by atoms with Crippen LogP contribution in [0.4, 0.5) is 4.39 Å². The first-order valence-electron chi connectivity index (χ1n) is 7.79. The zero-order valence-corrected chi connectivity index (χ0v) is 15.1. The Labute approximate surface area is 150 Å². The Morgan fingerprint density at radius 1 is 1.25 bits per heavy atom. The van der Waals surface area contributed by atoms with Gasteiger partial charge in [0.2, 0.25) is 0 Å². The molecule has 4 rings (SSSR count). The molecule has 0 amide bonds. The van der Waals surface area contributed by atoms with Crippen molar-refractivity contribution in [1.82, 2.24) is 9.97 Å². The Hall–Kier alpha value is -1.79. The number of hydrogen-bond donors (Lipinski definition) is 1. The van der Waals surface area contributed by atoms with Crippen molar-refractivity contribution in [2.75, 3.05) is 0 Å². The van der Waals surface area contributed by atoms with Crippen LogP contribution in [0.5, 0.6) is 0 Å². The molecule has 0 saturated heterocycles. The van der Waals surface area contributed by atoms with E-state index in [4.69, 9.17) is 0 Å². The second-order valence-electron chi connectivity index (χ2n) is 5.84. The number of nitrogens with zero attached hydrogens (tertiary/aromatic N) is 1. The van der Waals surface area contributed by atoms with Crippen LogP contribution in [0.25, 0.3) is 22.4 Å². The van der Waals surface area contributed by atoms with Crippen molar-refractivity contribution in [3.8, 4) is 0 Å². The smallest absolute Gasteiger partial charge is 0.260 e. The molecule has 1 aliphatic rings. The van der Waals surface area contributed by atoms with Crippen molar-refractivity contribution >= 4 is 49.6 Å². The number of aromatic nitrogens is 2. The molecule has 0 bridgehead atoms. The van der Waals surface area contributed by atoms with Gasteiger partial charge >= 0.3 is 0 Å². The Bertz CT molecular complexity index is 1020. The average Bonchev–Trinajstić information content (AvgIpc) is 2.92. The van der Waals surface area contributed by atoms with E-state index in [9.17, 15) is 9.18 Å². The lowest BCUT2D eigenvalue weighted by atomic mass is 9.97. The normalized spacial score (nSPS) is 14.4. The molecule has 3 nitrogen and oxygen atoms in total. The second-order valence-corrected chi connectivity index (χ2v) is 7.84. The molecule has 1 N–H and O–H groups in total. The lowest BCUT2D eigenvalue weighted by Crippen LogP contribution is -2.11. The summed E-state index contributed by atoms with van der Waals surface area (Å²) in [5.74, 6) is 0.129. The molecule has 0 fully saturated rings. The maximum atomic E-state index is 13.9. The molecule has 24 heavy (non-hydrogen) atoms. The van der Waals surface area contributed by atoms with Crippen LogP contribution in [-0.2, 0) is 12.8 Å². The van der Waals surface area contributed by atoms with E-state index in [1.807, 2.05) is 0 Å². The van der Waals surface area contributed by atoms with Crippen LogP contribution in [0.2, 0.25) is 0 Å². The lowest BCUT2D eigenvalue weighted by Gasteiger charge is -2.09. The summed E-state index contributed by atoms with van der Waals surface area (Å²) in [6.45, 7) is 0. The molecule has 0 atom stereocenters. The number of aryl methyl sites for hydroxylation is 2. The number of thiophene rings is 1. The topological polar surface area (TPSA) is 45.8 Å². The van der Waals surface area contributed by atoms with Crippen molar-refractivity contribution in [2.24, 2.45) is 0 Å². The van der Waals surface area contributed by atoms with Crippen LogP contribution >= 0.6 is 27.3 Å². The fraction of sp³-hybridized carbons (Fsp3) is 0.222. The summed E-state index contributed by atoms with van der Waals surface area (Å²) in [4.78, 5) is 21.9. The maximum Gasteiger partial charge on any atom is 0.260 e. The van der Waals surface area contributed by atoms with Crippen LogP contribution < -0.4 is 5.56 Å². The van der Waals surface area contributed by atoms with E-state index < -0.39 is 0 Å². The summed E-state index contributed by atoms with van der Waals surface area (Å²) in [7, 11) is 0. The molecule has 6 heteroatoms. The van der Waals surface area contributed by atoms with E-state index in [1.54, 1.807) is 35.6 Å². The SMILES string of the molecule is O=c1[nH]c(/C=C/c2ccc(Br)cc2F)nc2sc3c(c12)CCCC3. The Kier molecular flexibility index (Phi) is 4.10. The average molecular weight is 405 g/mol. The van der Waals surface area contributed by atoms with Gasteiger partial charge in [-0.2, -0.15) is 0 Å². The summed E-state index contributed by atoms with van der Waals surface area (Å²) in [6, 6.07) is 4.86. The van der Waals surface area contributed by atoms with Crippen molar-refractivity contribution in [1.29, 1.82) is 0 Å². The van der Waals surface area contributed by atoms with Crippen LogP contribution in [-0.4, -0.2) is 9.97 Å².